The molecule has 7 nitrogen and oxygen atoms in total. The van der Waals surface area contributed by atoms with Gasteiger partial charge in [-0.15, -0.1) is 0 Å². The number of carbonyl (C=O) groups excluding carboxylic acids is 1. The summed E-state index contributed by atoms with van der Waals surface area (Å²) >= 11 is 0. The summed E-state index contributed by atoms with van der Waals surface area (Å²) in [4.78, 5) is 23.5. The quantitative estimate of drug-likeness (QED) is 0.628. The lowest BCUT2D eigenvalue weighted by atomic mass is 10.1. The Hall–Kier alpha value is -2.88. The number of nitrogens with one attached hydrogen (secondary N) is 1. The monoisotopic (exact) mass is 379 g/mol. The number of rotatable bonds is 3. The van der Waals surface area contributed by atoms with Gasteiger partial charge in [0, 0.05) is 24.8 Å². The Morgan fingerprint density at radius 2 is 1.89 bits per heavy atom. The topological polar surface area (TPSA) is 81.6 Å². The van der Waals surface area contributed by atoms with Crippen molar-refractivity contribution in [1.29, 1.82) is 0 Å². The second-order valence-corrected chi connectivity index (χ2v) is 6.60. The maximum Gasteiger partial charge on any atom is 0.416 e. The van der Waals surface area contributed by atoms with E-state index >= 15 is 0 Å². The van der Waals surface area contributed by atoms with Crippen molar-refractivity contribution < 1.29 is 23.2 Å². The average Bonchev–Trinajstić information content (AvgIpc) is 3.28. The molecule has 0 radical (unpaired) electrons. The third-order valence-corrected chi connectivity index (χ3v) is 5.01. The number of hydrogen-bond acceptors (Lipinski definition) is 6. The highest BCUT2D eigenvalue weighted by atomic mass is 19.4. The number of alkyl halides is 3. The molecule has 1 amide bonds. The van der Waals surface area contributed by atoms with E-state index in [1.165, 1.54) is 30.0 Å². The first kappa shape index (κ1) is 17.5. The molecule has 2 N–H and O–H groups in total. The minimum absolute atomic E-state index is 0.00352. The van der Waals surface area contributed by atoms with E-state index in [-0.39, 0.29) is 17.8 Å². The van der Waals surface area contributed by atoms with E-state index in [0.29, 0.717) is 24.6 Å². The molecule has 27 heavy (non-hydrogen) atoms. The fraction of sp³-hybridized carbons (Fsp3) is 0.353. The number of benzene rings is 1. The van der Waals surface area contributed by atoms with E-state index in [9.17, 15) is 18.0 Å². The molecule has 2 fully saturated rings. The number of aromatic nitrogens is 2. The van der Waals surface area contributed by atoms with Crippen LogP contribution < -0.4 is 15.3 Å². The third kappa shape index (κ3) is 3.16. The molecule has 1 aromatic heterocycles. The van der Waals surface area contributed by atoms with Crippen LogP contribution in [0.2, 0.25) is 0 Å². The van der Waals surface area contributed by atoms with Crippen LogP contribution in [-0.2, 0) is 6.18 Å². The maximum atomic E-state index is 13.0. The first-order valence-corrected chi connectivity index (χ1v) is 8.34. The maximum absolute atomic E-state index is 13.0. The highest BCUT2D eigenvalue weighted by Gasteiger charge is 2.44. The molecule has 0 unspecified atom stereocenters. The molecule has 2 bridgehead atoms. The lowest BCUT2D eigenvalue weighted by Crippen LogP contribution is -2.47. The van der Waals surface area contributed by atoms with Gasteiger partial charge in [0.2, 0.25) is 0 Å². The number of nitrogens with zero attached hydrogens (tertiary/aromatic N) is 4. The fourth-order valence-electron chi connectivity index (χ4n) is 3.77. The normalized spacial score (nSPS) is 21.6. The third-order valence-electron chi connectivity index (χ3n) is 5.01. The van der Waals surface area contributed by atoms with Crippen LogP contribution in [0.15, 0.2) is 36.7 Å². The van der Waals surface area contributed by atoms with Gasteiger partial charge in [-0.05, 0) is 24.6 Å². The lowest BCUT2D eigenvalue weighted by molar-refractivity contribution is -0.137. The van der Waals surface area contributed by atoms with Gasteiger partial charge >= 0.3 is 6.18 Å². The first-order valence-electron chi connectivity index (χ1n) is 8.34. The summed E-state index contributed by atoms with van der Waals surface area (Å²) in [7, 11) is 0. The van der Waals surface area contributed by atoms with Crippen LogP contribution in [-0.4, -0.2) is 46.3 Å². The van der Waals surface area contributed by atoms with Gasteiger partial charge in [-0.25, -0.2) is 15.4 Å². The minimum Gasteiger partial charge on any atom is -0.365 e. The predicted molar refractivity (Wildman–Crippen MR) is 89.6 cm³/mol. The van der Waals surface area contributed by atoms with Crippen molar-refractivity contribution in [3.05, 3.63) is 47.9 Å². The van der Waals surface area contributed by atoms with Crippen LogP contribution in [0.3, 0.4) is 0 Å². The number of halogens is 3. The number of hydrogen-bond donors (Lipinski definition) is 2. The molecule has 4 rings (SSSR count). The first-order chi connectivity index (χ1) is 12.9. The van der Waals surface area contributed by atoms with Gasteiger partial charge in [0.25, 0.3) is 5.91 Å². The summed E-state index contributed by atoms with van der Waals surface area (Å²) < 4.78 is 38.9. The van der Waals surface area contributed by atoms with E-state index < -0.39 is 17.6 Å². The van der Waals surface area contributed by atoms with Gasteiger partial charge in [0.05, 0.1) is 24.0 Å². The highest BCUT2D eigenvalue weighted by molar-refractivity contribution is 5.91. The SMILES string of the molecule is O=C(NO)c1cnc(N2C[C@H]3C[C@H]2CN3c2cccc(C(F)(F)F)c2)cn1. The largest absolute Gasteiger partial charge is 0.416 e. The zero-order valence-corrected chi connectivity index (χ0v) is 14.0. The van der Waals surface area contributed by atoms with Crippen molar-refractivity contribution in [2.75, 3.05) is 22.9 Å². The summed E-state index contributed by atoms with van der Waals surface area (Å²) in [5, 5.41) is 8.61. The number of hydroxylamine groups is 1. The minimum atomic E-state index is -4.36. The molecular weight excluding hydrogens is 363 g/mol. The van der Waals surface area contributed by atoms with Crippen molar-refractivity contribution in [3.8, 4) is 0 Å². The van der Waals surface area contributed by atoms with Crippen LogP contribution in [0.4, 0.5) is 24.7 Å². The van der Waals surface area contributed by atoms with Crippen molar-refractivity contribution in [2.45, 2.75) is 24.7 Å². The molecule has 2 aromatic rings. The van der Waals surface area contributed by atoms with Gasteiger partial charge in [-0.3, -0.25) is 10.0 Å². The lowest BCUT2D eigenvalue weighted by Gasteiger charge is -2.36. The Bertz CT molecular complexity index is 858. The highest BCUT2D eigenvalue weighted by Crippen LogP contribution is 2.38. The molecule has 142 valence electrons. The number of amides is 1. The number of anilines is 2. The summed E-state index contributed by atoms with van der Waals surface area (Å²) in [5.41, 5.74) is 1.41. The van der Waals surface area contributed by atoms with E-state index in [1.54, 1.807) is 6.07 Å². The van der Waals surface area contributed by atoms with Crippen molar-refractivity contribution >= 4 is 17.4 Å². The molecular formula is C17H16F3N5O2. The van der Waals surface area contributed by atoms with Crippen LogP contribution in [0.5, 0.6) is 0 Å². The van der Waals surface area contributed by atoms with Gasteiger partial charge in [-0.1, -0.05) is 6.07 Å². The van der Waals surface area contributed by atoms with Gasteiger partial charge in [0.15, 0.2) is 0 Å². The molecule has 0 saturated carbocycles. The summed E-state index contributed by atoms with van der Waals surface area (Å²) in [6, 6.07) is 5.58. The average molecular weight is 379 g/mol. The van der Waals surface area contributed by atoms with Crippen molar-refractivity contribution in [1.82, 2.24) is 15.4 Å². The summed E-state index contributed by atoms with van der Waals surface area (Å²) in [6.07, 6.45) is -0.812. The number of carbonyl (C=O) groups is 1. The fourth-order valence-corrected chi connectivity index (χ4v) is 3.77. The number of fused-ring (bicyclic) bond motifs is 2. The summed E-state index contributed by atoms with van der Waals surface area (Å²) in [6.45, 7) is 1.20. The Morgan fingerprint density at radius 3 is 2.48 bits per heavy atom. The Labute approximate surface area is 152 Å². The van der Waals surface area contributed by atoms with Crippen LogP contribution in [0.25, 0.3) is 0 Å². The molecule has 2 atom stereocenters. The second-order valence-electron chi connectivity index (χ2n) is 6.60. The summed E-state index contributed by atoms with van der Waals surface area (Å²) in [5.74, 6) is -0.145. The van der Waals surface area contributed by atoms with Crippen LogP contribution >= 0.6 is 0 Å². The van der Waals surface area contributed by atoms with E-state index in [2.05, 4.69) is 9.97 Å². The zero-order valence-electron chi connectivity index (χ0n) is 14.0. The standard InChI is InChI=1S/C17H16F3N5O2/c18-17(19,20)10-2-1-3-11(4-10)24-8-13-5-12(24)9-25(13)15-7-21-14(6-22-15)16(26)23-27/h1-4,6-7,12-13,27H,5,8-9H2,(H,23,26)/t12-,13+/m1/s1. The number of piperazine rings is 1. The van der Waals surface area contributed by atoms with Gasteiger partial charge in [0.1, 0.15) is 11.5 Å². The Kier molecular flexibility index (Phi) is 4.14. The van der Waals surface area contributed by atoms with Crippen LogP contribution in [0.1, 0.15) is 22.5 Å². The predicted octanol–water partition coefficient (Wildman–Crippen LogP) is 2.08. The Balaban J connectivity index is 1.49. The van der Waals surface area contributed by atoms with Gasteiger partial charge in [-0.2, -0.15) is 13.2 Å². The zero-order chi connectivity index (χ0) is 19.2. The second kappa shape index (κ2) is 6.38. The van der Waals surface area contributed by atoms with E-state index in [0.717, 1.165) is 12.5 Å². The van der Waals surface area contributed by atoms with Crippen LogP contribution in [0, 0.1) is 0 Å². The van der Waals surface area contributed by atoms with E-state index in [4.69, 9.17) is 5.21 Å². The smallest absolute Gasteiger partial charge is 0.365 e. The molecule has 0 aliphatic carbocycles. The van der Waals surface area contributed by atoms with Gasteiger partial charge < -0.3 is 9.80 Å². The van der Waals surface area contributed by atoms with E-state index in [1.807, 2.05) is 9.80 Å². The molecule has 2 aliphatic heterocycles. The molecule has 3 heterocycles. The molecule has 2 saturated heterocycles. The Morgan fingerprint density at radius 1 is 1.15 bits per heavy atom. The van der Waals surface area contributed by atoms with Crippen molar-refractivity contribution in [3.63, 3.8) is 0 Å². The molecule has 0 spiro atoms. The van der Waals surface area contributed by atoms with Crippen molar-refractivity contribution in [2.24, 2.45) is 0 Å². The molecule has 10 heteroatoms. The molecule has 1 aromatic carbocycles. The molecule has 2 aliphatic rings.